The van der Waals surface area contributed by atoms with Gasteiger partial charge >= 0.3 is 0 Å². The fourth-order valence-electron chi connectivity index (χ4n) is 2.17. The summed E-state index contributed by atoms with van der Waals surface area (Å²) in [6.07, 6.45) is 4.14. The third-order valence-electron chi connectivity index (χ3n) is 3.40. The molecule has 1 saturated heterocycles. The molecule has 0 radical (unpaired) electrons. The summed E-state index contributed by atoms with van der Waals surface area (Å²) in [4.78, 5) is 2.68. The molecule has 0 unspecified atom stereocenters. The molecule has 0 bridgehead atoms. The van der Waals surface area contributed by atoms with Gasteiger partial charge in [0.05, 0.1) is 0 Å². The zero-order valence-corrected chi connectivity index (χ0v) is 10.6. The van der Waals surface area contributed by atoms with E-state index in [-0.39, 0.29) is 0 Å². The Morgan fingerprint density at radius 1 is 1.14 bits per heavy atom. The van der Waals surface area contributed by atoms with E-state index in [2.05, 4.69) is 39.5 Å². The van der Waals surface area contributed by atoms with Crippen molar-refractivity contribution in [2.24, 2.45) is 11.3 Å². The van der Waals surface area contributed by atoms with Gasteiger partial charge < -0.3 is 4.90 Å². The van der Waals surface area contributed by atoms with Crippen molar-refractivity contribution in [3.8, 4) is 0 Å². The van der Waals surface area contributed by atoms with E-state index in [4.69, 9.17) is 0 Å². The SMILES string of the molecule is C[C@@H]1CC[C@H](C)N(CCC(C)(C)C)C1. The van der Waals surface area contributed by atoms with Crippen LogP contribution >= 0.6 is 0 Å². The second kappa shape index (κ2) is 4.65. The van der Waals surface area contributed by atoms with Gasteiger partial charge in [0.2, 0.25) is 0 Å². The van der Waals surface area contributed by atoms with Crippen LogP contribution in [0.15, 0.2) is 0 Å². The highest BCUT2D eigenvalue weighted by atomic mass is 15.2. The van der Waals surface area contributed by atoms with Crippen LogP contribution in [-0.2, 0) is 0 Å². The van der Waals surface area contributed by atoms with E-state index in [0.717, 1.165) is 12.0 Å². The van der Waals surface area contributed by atoms with Crippen LogP contribution < -0.4 is 0 Å². The van der Waals surface area contributed by atoms with Gasteiger partial charge in [0.25, 0.3) is 0 Å². The summed E-state index contributed by atoms with van der Waals surface area (Å²) in [7, 11) is 0. The average molecular weight is 197 g/mol. The molecule has 1 rings (SSSR count). The van der Waals surface area contributed by atoms with Gasteiger partial charge in [-0.1, -0.05) is 27.7 Å². The molecule has 1 aliphatic rings. The normalized spacial score (nSPS) is 30.6. The van der Waals surface area contributed by atoms with Crippen molar-refractivity contribution >= 4 is 0 Å². The number of likely N-dealkylation sites (tertiary alicyclic amines) is 1. The van der Waals surface area contributed by atoms with Gasteiger partial charge in [-0.05, 0) is 44.1 Å². The molecule has 0 amide bonds. The van der Waals surface area contributed by atoms with E-state index in [1.165, 1.54) is 32.4 Å². The van der Waals surface area contributed by atoms with Crippen LogP contribution in [-0.4, -0.2) is 24.0 Å². The molecule has 1 aliphatic heterocycles. The van der Waals surface area contributed by atoms with Crippen LogP contribution in [0, 0.1) is 11.3 Å². The molecule has 1 heteroatoms. The Balaban J connectivity index is 2.35. The lowest BCUT2D eigenvalue weighted by Gasteiger charge is -2.38. The summed E-state index contributed by atoms with van der Waals surface area (Å²) < 4.78 is 0. The molecule has 14 heavy (non-hydrogen) atoms. The van der Waals surface area contributed by atoms with Crippen LogP contribution in [0.5, 0.6) is 0 Å². The predicted octanol–water partition coefficient (Wildman–Crippen LogP) is 3.54. The van der Waals surface area contributed by atoms with E-state index in [1.807, 2.05) is 0 Å². The Bertz CT molecular complexity index is 169. The van der Waals surface area contributed by atoms with Gasteiger partial charge in [0.1, 0.15) is 0 Å². The molecule has 0 aromatic heterocycles. The molecule has 2 atom stereocenters. The van der Waals surface area contributed by atoms with Crippen molar-refractivity contribution in [1.82, 2.24) is 4.90 Å². The van der Waals surface area contributed by atoms with Gasteiger partial charge in [0, 0.05) is 12.6 Å². The van der Waals surface area contributed by atoms with Crippen molar-refractivity contribution in [2.45, 2.75) is 59.9 Å². The van der Waals surface area contributed by atoms with Crippen LogP contribution in [0.3, 0.4) is 0 Å². The van der Waals surface area contributed by atoms with Gasteiger partial charge in [-0.25, -0.2) is 0 Å². The number of rotatable bonds is 2. The Labute approximate surface area is 89.9 Å². The van der Waals surface area contributed by atoms with Crippen molar-refractivity contribution < 1.29 is 0 Å². The van der Waals surface area contributed by atoms with E-state index in [1.54, 1.807) is 0 Å². The molecule has 0 saturated carbocycles. The number of piperidine rings is 1. The van der Waals surface area contributed by atoms with Crippen LogP contribution in [0.1, 0.15) is 53.9 Å². The Hall–Kier alpha value is -0.0400. The molecule has 84 valence electrons. The third-order valence-corrected chi connectivity index (χ3v) is 3.40. The molecular formula is C13H27N. The summed E-state index contributed by atoms with van der Waals surface area (Å²) in [5, 5.41) is 0. The second-order valence-corrected chi connectivity index (χ2v) is 6.34. The van der Waals surface area contributed by atoms with Gasteiger partial charge in [-0.3, -0.25) is 0 Å². The first-order valence-corrected chi connectivity index (χ1v) is 6.12. The minimum Gasteiger partial charge on any atom is -0.300 e. The standard InChI is InChI=1S/C13H27N/c1-11-6-7-12(2)14(10-11)9-8-13(3,4)5/h11-12H,6-10H2,1-5H3/t11-,12+/m1/s1. The quantitative estimate of drug-likeness (QED) is 0.654. The maximum absolute atomic E-state index is 2.68. The molecular weight excluding hydrogens is 170 g/mol. The molecule has 0 spiro atoms. The van der Waals surface area contributed by atoms with Crippen LogP contribution in [0.2, 0.25) is 0 Å². The van der Waals surface area contributed by atoms with Crippen molar-refractivity contribution in [3.05, 3.63) is 0 Å². The van der Waals surface area contributed by atoms with Crippen molar-refractivity contribution in [3.63, 3.8) is 0 Å². The van der Waals surface area contributed by atoms with E-state index in [0.29, 0.717) is 5.41 Å². The highest BCUT2D eigenvalue weighted by Gasteiger charge is 2.23. The Morgan fingerprint density at radius 2 is 1.79 bits per heavy atom. The maximum Gasteiger partial charge on any atom is 0.00671 e. The Kier molecular flexibility index (Phi) is 4.00. The maximum atomic E-state index is 2.68. The second-order valence-electron chi connectivity index (χ2n) is 6.34. The lowest BCUT2D eigenvalue weighted by molar-refractivity contribution is 0.110. The number of nitrogens with zero attached hydrogens (tertiary/aromatic N) is 1. The number of hydrogen-bond donors (Lipinski definition) is 0. The van der Waals surface area contributed by atoms with E-state index < -0.39 is 0 Å². The van der Waals surface area contributed by atoms with Gasteiger partial charge in [-0.2, -0.15) is 0 Å². The van der Waals surface area contributed by atoms with Gasteiger partial charge in [-0.15, -0.1) is 0 Å². The molecule has 1 fully saturated rings. The zero-order valence-electron chi connectivity index (χ0n) is 10.6. The van der Waals surface area contributed by atoms with E-state index >= 15 is 0 Å². The Morgan fingerprint density at radius 3 is 2.36 bits per heavy atom. The lowest BCUT2D eigenvalue weighted by Crippen LogP contribution is -2.42. The number of hydrogen-bond acceptors (Lipinski definition) is 1. The first-order chi connectivity index (χ1) is 6.38. The predicted molar refractivity (Wildman–Crippen MR) is 63.5 cm³/mol. The highest BCUT2D eigenvalue weighted by Crippen LogP contribution is 2.25. The molecule has 1 nitrogen and oxygen atoms in total. The summed E-state index contributed by atoms with van der Waals surface area (Å²) in [6.45, 7) is 14.4. The summed E-state index contributed by atoms with van der Waals surface area (Å²) in [5.41, 5.74) is 0.487. The first kappa shape index (κ1) is 12.0. The minimum absolute atomic E-state index is 0.487. The van der Waals surface area contributed by atoms with Crippen LogP contribution in [0.4, 0.5) is 0 Å². The third kappa shape index (κ3) is 4.00. The largest absolute Gasteiger partial charge is 0.300 e. The molecule has 0 aliphatic carbocycles. The lowest BCUT2D eigenvalue weighted by atomic mass is 9.90. The fraction of sp³-hybridized carbons (Fsp3) is 1.00. The van der Waals surface area contributed by atoms with Gasteiger partial charge in [0.15, 0.2) is 0 Å². The zero-order chi connectivity index (χ0) is 10.8. The summed E-state index contributed by atoms with van der Waals surface area (Å²) in [5.74, 6) is 0.908. The summed E-state index contributed by atoms with van der Waals surface area (Å²) >= 11 is 0. The van der Waals surface area contributed by atoms with E-state index in [9.17, 15) is 0 Å². The first-order valence-electron chi connectivity index (χ1n) is 6.12. The topological polar surface area (TPSA) is 3.24 Å². The molecule has 0 N–H and O–H groups in total. The monoisotopic (exact) mass is 197 g/mol. The summed E-state index contributed by atoms with van der Waals surface area (Å²) in [6, 6.07) is 0.813. The average Bonchev–Trinajstić information content (AvgIpc) is 2.05. The molecule has 1 heterocycles. The molecule has 0 aromatic carbocycles. The fourth-order valence-corrected chi connectivity index (χ4v) is 2.17. The minimum atomic E-state index is 0.487. The highest BCUT2D eigenvalue weighted by molar-refractivity contribution is 4.78. The van der Waals surface area contributed by atoms with Crippen molar-refractivity contribution in [1.29, 1.82) is 0 Å². The molecule has 0 aromatic rings. The smallest absolute Gasteiger partial charge is 0.00671 e. The van der Waals surface area contributed by atoms with Crippen LogP contribution in [0.25, 0.3) is 0 Å². The van der Waals surface area contributed by atoms with Crippen molar-refractivity contribution in [2.75, 3.05) is 13.1 Å².